The van der Waals surface area contributed by atoms with Gasteiger partial charge in [0.05, 0.1) is 0 Å². The first-order chi connectivity index (χ1) is 14.5. The summed E-state index contributed by atoms with van der Waals surface area (Å²) >= 11 is 0. The molecule has 2 aliphatic carbocycles. The molecule has 3 aliphatic rings. The van der Waals surface area contributed by atoms with Crippen LogP contribution >= 0.6 is 0 Å². The number of nitrogens with zero attached hydrogens (tertiary/aromatic N) is 1. The van der Waals surface area contributed by atoms with Crippen molar-refractivity contribution < 1.29 is 14.4 Å². The summed E-state index contributed by atoms with van der Waals surface area (Å²) in [5.74, 6) is 1.44. The molecule has 1 aromatic carbocycles. The first-order valence-electron chi connectivity index (χ1n) is 11.0. The quantitative estimate of drug-likeness (QED) is 0.641. The lowest BCUT2D eigenvalue weighted by molar-refractivity contribution is -0.132. The average molecular weight is 409 g/mol. The monoisotopic (exact) mass is 408 g/mol. The van der Waals surface area contributed by atoms with Crippen molar-refractivity contribution in [1.29, 1.82) is 0 Å². The van der Waals surface area contributed by atoms with Gasteiger partial charge in [-0.05, 0) is 55.6 Å². The van der Waals surface area contributed by atoms with Gasteiger partial charge in [0.1, 0.15) is 12.6 Å². The molecule has 5 rings (SSSR count). The van der Waals surface area contributed by atoms with E-state index in [4.69, 9.17) is 0 Å². The van der Waals surface area contributed by atoms with Gasteiger partial charge in [-0.3, -0.25) is 14.5 Å². The maximum atomic E-state index is 12.8. The van der Waals surface area contributed by atoms with Crippen LogP contribution in [0.15, 0.2) is 30.5 Å². The van der Waals surface area contributed by atoms with E-state index in [1.165, 1.54) is 25.7 Å². The van der Waals surface area contributed by atoms with Gasteiger partial charge in [0.15, 0.2) is 0 Å². The van der Waals surface area contributed by atoms with Crippen LogP contribution in [0.2, 0.25) is 0 Å². The molecule has 5 atom stereocenters. The van der Waals surface area contributed by atoms with Gasteiger partial charge in [-0.25, -0.2) is 4.79 Å². The Morgan fingerprint density at radius 3 is 2.83 bits per heavy atom. The molecule has 2 bridgehead atoms. The Morgan fingerprint density at radius 1 is 1.23 bits per heavy atom. The molecule has 30 heavy (non-hydrogen) atoms. The van der Waals surface area contributed by atoms with Crippen LogP contribution in [-0.2, 0) is 16.0 Å². The summed E-state index contributed by atoms with van der Waals surface area (Å²) in [5.41, 5.74) is 1.97. The number of fused-ring (bicyclic) bond motifs is 3. The Kier molecular flexibility index (Phi) is 4.76. The number of imide groups is 1. The smallest absolute Gasteiger partial charge is 0.325 e. The number of rotatable bonds is 6. The second-order valence-electron chi connectivity index (χ2n) is 9.18. The predicted octanol–water partition coefficient (Wildman–Crippen LogP) is 2.57. The molecule has 1 aliphatic heterocycles. The van der Waals surface area contributed by atoms with Crippen LogP contribution < -0.4 is 10.6 Å². The highest BCUT2D eigenvalue weighted by Crippen LogP contribution is 2.49. The first-order valence-corrected chi connectivity index (χ1v) is 11.0. The van der Waals surface area contributed by atoms with E-state index in [-0.39, 0.29) is 24.4 Å². The van der Waals surface area contributed by atoms with E-state index in [0.717, 1.165) is 27.3 Å². The number of amides is 4. The highest BCUT2D eigenvalue weighted by Gasteiger charge is 2.43. The Hall–Kier alpha value is -2.83. The standard InChI is InChI=1S/C23H28N4O3/c1-13(18-9-14-6-7-15(18)8-14)25-21(28)12-27-22(29)20(26-23(27)30)10-16-11-24-19-5-3-2-4-17(16)19/h2-5,11,13-15,18,20,24H,6-10,12H2,1H3,(H,25,28)(H,26,30). The van der Waals surface area contributed by atoms with Gasteiger partial charge in [-0.1, -0.05) is 24.6 Å². The van der Waals surface area contributed by atoms with Crippen molar-refractivity contribution in [3.63, 3.8) is 0 Å². The fraction of sp³-hybridized carbons (Fsp3) is 0.522. The number of nitrogens with one attached hydrogen (secondary N) is 3. The van der Waals surface area contributed by atoms with Gasteiger partial charge >= 0.3 is 6.03 Å². The van der Waals surface area contributed by atoms with Crippen molar-refractivity contribution in [2.75, 3.05) is 6.54 Å². The van der Waals surface area contributed by atoms with Gasteiger partial charge in [-0.15, -0.1) is 0 Å². The molecule has 5 unspecified atom stereocenters. The number of carbonyl (C=O) groups excluding carboxylic acids is 3. The minimum atomic E-state index is -0.646. The van der Waals surface area contributed by atoms with E-state index in [1.54, 1.807) is 0 Å². The third-order valence-electron chi connectivity index (χ3n) is 7.33. The van der Waals surface area contributed by atoms with Gasteiger partial charge in [0.2, 0.25) is 5.91 Å². The Morgan fingerprint density at radius 2 is 2.07 bits per heavy atom. The first kappa shape index (κ1) is 19.2. The zero-order chi connectivity index (χ0) is 20.8. The predicted molar refractivity (Wildman–Crippen MR) is 113 cm³/mol. The summed E-state index contributed by atoms with van der Waals surface area (Å²) in [6.45, 7) is 1.83. The number of aromatic amines is 1. The minimum Gasteiger partial charge on any atom is -0.361 e. The van der Waals surface area contributed by atoms with Crippen LogP contribution in [0.4, 0.5) is 4.79 Å². The molecule has 3 fully saturated rings. The van der Waals surface area contributed by atoms with Gasteiger partial charge < -0.3 is 15.6 Å². The third kappa shape index (κ3) is 3.36. The molecule has 4 amide bonds. The normalized spacial score (nSPS) is 28.9. The molecule has 2 saturated carbocycles. The molecule has 158 valence electrons. The molecule has 1 saturated heterocycles. The number of hydrogen-bond donors (Lipinski definition) is 3. The van der Waals surface area contributed by atoms with E-state index in [0.29, 0.717) is 18.3 Å². The van der Waals surface area contributed by atoms with Crippen LogP contribution in [0.3, 0.4) is 0 Å². The van der Waals surface area contributed by atoms with E-state index < -0.39 is 12.1 Å². The summed E-state index contributed by atoms with van der Waals surface area (Å²) in [6, 6.07) is 6.80. The molecule has 3 N–H and O–H groups in total. The maximum Gasteiger partial charge on any atom is 0.325 e. The van der Waals surface area contributed by atoms with Crippen molar-refractivity contribution in [1.82, 2.24) is 20.5 Å². The number of para-hydroxylation sites is 1. The number of benzene rings is 1. The third-order valence-corrected chi connectivity index (χ3v) is 7.33. The molecule has 0 spiro atoms. The van der Waals surface area contributed by atoms with Crippen molar-refractivity contribution >= 4 is 28.7 Å². The van der Waals surface area contributed by atoms with Gasteiger partial charge in [0, 0.05) is 29.6 Å². The molecular weight excluding hydrogens is 380 g/mol. The maximum absolute atomic E-state index is 12.8. The highest BCUT2D eigenvalue weighted by molar-refractivity contribution is 6.06. The molecule has 2 aromatic rings. The summed E-state index contributed by atoms with van der Waals surface area (Å²) in [4.78, 5) is 42.0. The number of H-pyrrole nitrogens is 1. The number of carbonyl (C=O) groups is 3. The average Bonchev–Trinajstić information content (AvgIpc) is 3.50. The highest BCUT2D eigenvalue weighted by atomic mass is 16.2. The number of hydrogen-bond acceptors (Lipinski definition) is 3. The number of aromatic nitrogens is 1. The van der Waals surface area contributed by atoms with Crippen molar-refractivity contribution in [3.8, 4) is 0 Å². The van der Waals surface area contributed by atoms with Crippen LogP contribution in [-0.4, -0.2) is 46.4 Å². The van der Waals surface area contributed by atoms with Crippen LogP contribution in [0.5, 0.6) is 0 Å². The zero-order valence-corrected chi connectivity index (χ0v) is 17.2. The largest absolute Gasteiger partial charge is 0.361 e. The molecular formula is C23H28N4O3. The van der Waals surface area contributed by atoms with Crippen LogP contribution in [0, 0.1) is 17.8 Å². The fourth-order valence-electron chi connectivity index (χ4n) is 5.84. The zero-order valence-electron chi connectivity index (χ0n) is 17.2. The Labute approximate surface area is 175 Å². The van der Waals surface area contributed by atoms with Crippen molar-refractivity contribution in [2.24, 2.45) is 17.8 Å². The van der Waals surface area contributed by atoms with Crippen LogP contribution in [0.1, 0.15) is 38.2 Å². The Bertz CT molecular complexity index is 999. The summed E-state index contributed by atoms with van der Waals surface area (Å²) in [7, 11) is 0. The molecule has 7 nitrogen and oxygen atoms in total. The summed E-state index contributed by atoms with van der Waals surface area (Å²) in [5, 5.41) is 6.81. The topological polar surface area (TPSA) is 94.3 Å². The van der Waals surface area contributed by atoms with Crippen molar-refractivity contribution in [3.05, 3.63) is 36.0 Å². The van der Waals surface area contributed by atoms with E-state index >= 15 is 0 Å². The SMILES string of the molecule is CC(NC(=O)CN1C(=O)NC(Cc2c[nH]c3ccccc23)C1=O)C1CC2CCC1C2. The summed E-state index contributed by atoms with van der Waals surface area (Å²) < 4.78 is 0. The molecule has 7 heteroatoms. The second kappa shape index (κ2) is 7.45. The molecule has 2 heterocycles. The number of urea groups is 1. The van der Waals surface area contributed by atoms with Crippen LogP contribution in [0.25, 0.3) is 10.9 Å². The lowest BCUT2D eigenvalue weighted by Crippen LogP contribution is -2.46. The van der Waals surface area contributed by atoms with E-state index in [1.807, 2.05) is 30.5 Å². The fourth-order valence-corrected chi connectivity index (χ4v) is 5.84. The minimum absolute atomic E-state index is 0.0792. The van der Waals surface area contributed by atoms with Gasteiger partial charge in [-0.2, -0.15) is 0 Å². The van der Waals surface area contributed by atoms with Gasteiger partial charge in [0.25, 0.3) is 5.91 Å². The summed E-state index contributed by atoms with van der Waals surface area (Å²) in [6.07, 6.45) is 7.32. The molecule has 0 radical (unpaired) electrons. The van der Waals surface area contributed by atoms with Crippen molar-refractivity contribution in [2.45, 2.75) is 51.1 Å². The van der Waals surface area contributed by atoms with E-state index in [2.05, 4.69) is 22.5 Å². The van der Waals surface area contributed by atoms with E-state index in [9.17, 15) is 14.4 Å². The Balaban J connectivity index is 1.19. The molecule has 1 aromatic heterocycles. The lowest BCUT2D eigenvalue weighted by atomic mass is 9.84. The second-order valence-corrected chi connectivity index (χ2v) is 9.18. The lowest BCUT2D eigenvalue weighted by Gasteiger charge is -2.29.